The Labute approximate surface area is 105 Å². The highest BCUT2D eigenvalue weighted by Gasteiger charge is 2.10. The van der Waals surface area contributed by atoms with Gasteiger partial charge in [0.1, 0.15) is 0 Å². The Morgan fingerprint density at radius 3 is 3.00 bits per heavy atom. The molecule has 6 heteroatoms. The number of nitrogens with zero attached hydrogens (tertiary/aromatic N) is 5. The van der Waals surface area contributed by atoms with E-state index >= 15 is 0 Å². The molecule has 2 heterocycles. The molecule has 0 aliphatic heterocycles. The van der Waals surface area contributed by atoms with Crippen LogP contribution in [0.5, 0.6) is 0 Å². The molecule has 1 unspecified atom stereocenters. The zero-order valence-corrected chi connectivity index (χ0v) is 10.4. The minimum Gasteiger partial charge on any atom is -0.286 e. The largest absolute Gasteiger partial charge is 0.351 e. The summed E-state index contributed by atoms with van der Waals surface area (Å²) >= 11 is 0. The maximum absolute atomic E-state index is 12.0. The van der Waals surface area contributed by atoms with E-state index in [0.29, 0.717) is 18.9 Å². The lowest BCUT2D eigenvalue weighted by Crippen LogP contribution is -2.32. The lowest BCUT2D eigenvalue weighted by Gasteiger charge is -2.16. The summed E-state index contributed by atoms with van der Waals surface area (Å²) in [6, 6.07) is 7.59. The van der Waals surface area contributed by atoms with Gasteiger partial charge in [-0.25, -0.2) is 4.79 Å². The van der Waals surface area contributed by atoms with E-state index in [9.17, 15) is 4.79 Å². The molecule has 0 saturated heterocycles. The fourth-order valence-corrected chi connectivity index (χ4v) is 1.85. The smallest absolute Gasteiger partial charge is 0.286 e. The number of fused-ring (bicyclic) bond motifs is 1. The van der Waals surface area contributed by atoms with Gasteiger partial charge in [-0.1, -0.05) is 6.07 Å². The molecule has 0 bridgehead atoms. The second kappa shape index (κ2) is 5.02. The van der Waals surface area contributed by atoms with Crippen molar-refractivity contribution >= 4 is 5.65 Å². The Kier molecular flexibility index (Phi) is 3.44. The second-order valence-corrected chi connectivity index (χ2v) is 4.42. The zero-order valence-electron chi connectivity index (χ0n) is 10.4. The Balaban J connectivity index is 2.20. The van der Waals surface area contributed by atoms with Crippen LogP contribution in [0.3, 0.4) is 0 Å². The fraction of sp³-hybridized carbons (Fsp3) is 0.417. The van der Waals surface area contributed by atoms with Gasteiger partial charge in [-0.2, -0.15) is 9.94 Å². The van der Waals surface area contributed by atoms with Crippen molar-refractivity contribution in [1.29, 1.82) is 5.26 Å². The van der Waals surface area contributed by atoms with Crippen LogP contribution in [-0.4, -0.2) is 32.7 Å². The van der Waals surface area contributed by atoms with E-state index in [-0.39, 0.29) is 11.6 Å². The van der Waals surface area contributed by atoms with Gasteiger partial charge in [0.2, 0.25) is 0 Å². The quantitative estimate of drug-likeness (QED) is 0.788. The van der Waals surface area contributed by atoms with Crippen LogP contribution >= 0.6 is 0 Å². The third-order valence-corrected chi connectivity index (χ3v) is 2.67. The van der Waals surface area contributed by atoms with Gasteiger partial charge >= 0.3 is 5.69 Å². The standard InChI is InChI=1S/C12H15N5O/c1-10(7-13)8-15(2)9-17-12(18)16-6-4-3-5-11(16)14-17/h3-6,10H,8-9H2,1-2H3. The number of rotatable bonds is 4. The molecule has 0 amide bonds. The summed E-state index contributed by atoms with van der Waals surface area (Å²) in [6.45, 7) is 2.84. The Hall–Kier alpha value is -2.13. The molecule has 0 saturated carbocycles. The van der Waals surface area contributed by atoms with Gasteiger partial charge in [0, 0.05) is 12.7 Å². The van der Waals surface area contributed by atoms with Crippen LogP contribution in [0.4, 0.5) is 0 Å². The van der Waals surface area contributed by atoms with E-state index in [1.807, 2.05) is 24.9 Å². The molecular weight excluding hydrogens is 230 g/mol. The molecule has 2 rings (SSSR count). The van der Waals surface area contributed by atoms with Gasteiger partial charge in [-0.3, -0.25) is 9.30 Å². The average Bonchev–Trinajstić information content (AvgIpc) is 2.66. The van der Waals surface area contributed by atoms with Gasteiger partial charge in [0.25, 0.3) is 0 Å². The van der Waals surface area contributed by atoms with Gasteiger partial charge in [0.15, 0.2) is 5.65 Å². The molecule has 1 atom stereocenters. The van der Waals surface area contributed by atoms with Crippen molar-refractivity contribution in [1.82, 2.24) is 19.1 Å². The molecule has 2 aromatic heterocycles. The fourth-order valence-electron chi connectivity index (χ4n) is 1.85. The number of hydrogen-bond acceptors (Lipinski definition) is 4. The highest BCUT2D eigenvalue weighted by molar-refractivity contribution is 5.35. The molecule has 94 valence electrons. The molecule has 0 radical (unpaired) electrons. The molecule has 0 spiro atoms. The van der Waals surface area contributed by atoms with Gasteiger partial charge in [0.05, 0.1) is 18.7 Å². The van der Waals surface area contributed by atoms with Gasteiger partial charge < -0.3 is 0 Å². The minimum atomic E-state index is -0.165. The first-order chi connectivity index (χ1) is 8.61. The third kappa shape index (κ3) is 2.41. The van der Waals surface area contributed by atoms with E-state index in [1.54, 1.807) is 18.3 Å². The van der Waals surface area contributed by atoms with E-state index in [1.165, 1.54) is 9.08 Å². The van der Waals surface area contributed by atoms with Gasteiger partial charge in [-0.15, -0.1) is 5.10 Å². The number of pyridine rings is 1. The van der Waals surface area contributed by atoms with Crippen molar-refractivity contribution in [2.24, 2.45) is 5.92 Å². The molecule has 2 aromatic rings. The van der Waals surface area contributed by atoms with Crippen molar-refractivity contribution in [2.75, 3.05) is 13.6 Å². The lowest BCUT2D eigenvalue weighted by molar-refractivity contribution is 0.234. The van der Waals surface area contributed by atoms with Crippen molar-refractivity contribution in [2.45, 2.75) is 13.6 Å². The second-order valence-electron chi connectivity index (χ2n) is 4.42. The average molecular weight is 245 g/mol. The maximum Gasteiger partial charge on any atom is 0.351 e. The Morgan fingerprint density at radius 2 is 2.33 bits per heavy atom. The summed E-state index contributed by atoms with van der Waals surface area (Å²) in [7, 11) is 1.87. The molecule has 0 N–H and O–H groups in total. The van der Waals surface area contributed by atoms with E-state index in [2.05, 4.69) is 11.2 Å². The van der Waals surface area contributed by atoms with Crippen molar-refractivity contribution in [3.63, 3.8) is 0 Å². The number of nitriles is 1. The van der Waals surface area contributed by atoms with Gasteiger partial charge in [-0.05, 0) is 26.1 Å². The topological polar surface area (TPSA) is 66.3 Å². The van der Waals surface area contributed by atoms with Crippen LogP contribution in [0, 0.1) is 17.2 Å². The maximum atomic E-state index is 12.0. The first kappa shape index (κ1) is 12.3. The molecule has 0 fully saturated rings. The highest BCUT2D eigenvalue weighted by atomic mass is 16.2. The summed E-state index contributed by atoms with van der Waals surface area (Å²) in [5.74, 6) is -0.0669. The monoisotopic (exact) mass is 245 g/mol. The van der Waals surface area contributed by atoms with Crippen LogP contribution in [-0.2, 0) is 6.67 Å². The van der Waals surface area contributed by atoms with Crippen LogP contribution < -0.4 is 5.69 Å². The zero-order chi connectivity index (χ0) is 13.1. The summed E-state index contributed by atoms with van der Waals surface area (Å²) in [5, 5.41) is 13.0. The van der Waals surface area contributed by atoms with Crippen molar-refractivity contribution < 1.29 is 0 Å². The molecule has 0 aromatic carbocycles. The lowest BCUT2D eigenvalue weighted by atomic mass is 10.2. The normalized spacial score (nSPS) is 12.8. The van der Waals surface area contributed by atoms with E-state index in [0.717, 1.165) is 0 Å². The predicted octanol–water partition coefficient (Wildman–Crippen LogP) is 0.545. The van der Waals surface area contributed by atoms with E-state index < -0.39 is 0 Å². The molecule has 18 heavy (non-hydrogen) atoms. The molecule has 0 aliphatic rings. The molecular formula is C12H15N5O. The minimum absolute atomic E-state index is 0.0669. The highest BCUT2D eigenvalue weighted by Crippen LogP contribution is 1.99. The van der Waals surface area contributed by atoms with Crippen LogP contribution in [0.2, 0.25) is 0 Å². The molecule has 0 aliphatic carbocycles. The summed E-state index contributed by atoms with van der Waals surface area (Å²) in [4.78, 5) is 13.9. The van der Waals surface area contributed by atoms with Crippen LogP contribution in [0.1, 0.15) is 6.92 Å². The Morgan fingerprint density at radius 1 is 1.56 bits per heavy atom. The van der Waals surface area contributed by atoms with Crippen molar-refractivity contribution in [3.8, 4) is 6.07 Å². The Bertz CT molecular complexity index is 636. The van der Waals surface area contributed by atoms with Crippen LogP contribution in [0.25, 0.3) is 5.65 Å². The number of hydrogen-bond donors (Lipinski definition) is 0. The first-order valence-corrected chi connectivity index (χ1v) is 5.74. The van der Waals surface area contributed by atoms with Crippen molar-refractivity contribution in [3.05, 3.63) is 34.9 Å². The third-order valence-electron chi connectivity index (χ3n) is 2.67. The number of aromatic nitrogens is 3. The summed E-state index contributed by atoms with van der Waals surface area (Å²) in [6.07, 6.45) is 1.69. The van der Waals surface area contributed by atoms with Crippen LogP contribution in [0.15, 0.2) is 29.2 Å². The van der Waals surface area contributed by atoms with E-state index in [4.69, 9.17) is 5.26 Å². The summed E-state index contributed by atoms with van der Waals surface area (Å²) in [5.41, 5.74) is 0.464. The molecule has 6 nitrogen and oxygen atoms in total. The predicted molar refractivity (Wildman–Crippen MR) is 66.9 cm³/mol. The summed E-state index contributed by atoms with van der Waals surface area (Å²) < 4.78 is 2.90. The first-order valence-electron chi connectivity index (χ1n) is 5.74. The SMILES string of the molecule is CC(C#N)CN(C)Cn1nc2ccccn2c1=O.